The number of nitrogens with two attached hydrogens (primary N) is 1. The molecule has 3 N–H and O–H groups in total. The van der Waals surface area contributed by atoms with Crippen LogP contribution in [0.1, 0.15) is 12.5 Å². The van der Waals surface area contributed by atoms with Crippen LogP contribution in [0.2, 0.25) is 0 Å². The highest BCUT2D eigenvalue weighted by atomic mass is 32.2. The van der Waals surface area contributed by atoms with Crippen molar-refractivity contribution in [1.29, 1.82) is 0 Å². The zero-order valence-corrected chi connectivity index (χ0v) is 12.1. The minimum atomic E-state index is -4.60. The summed E-state index contributed by atoms with van der Waals surface area (Å²) in [7, 11) is -4.04. The summed E-state index contributed by atoms with van der Waals surface area (Å²) in [6.45, 7) is 1.53. The van der Waals surface area contributed by atoms with Crippen LogP contribution in [-0.2, 0) is 16.2 Å². The van der Waals surface area contributed by atoms with Gasteiger partial charge in [0.25, 0.3) is 0 Å². The van der Waals surface area contributed by atoms with Gasteiger partial charge in [-0.05, 0) is 18.2 Å². The smallest absolute Gasteiger partial charge is 0.393 e. The molecule has 9 heteroatoms. The fourth-order valence-corrected chi connectivity index (χ4v) is 2.52. The van der Waals surface area contributed by atoms with E-state index in [1.165, 1.54) is 0 Å². The summed E-state index contributed by atoms with van der Waals surface area (Å²) in [6, 6.07) is 3.50. The molecule has 0 aliphatic heterocycles. The zero-order valence-electron chi connectivity index (χ0n) is 10.4. The van der Waals surface area contributed by atoms with Crippen LogP contribution in [-0.4, -0.2) is 20.0 Å². The Morgan fingerprint density at radius 1 is 1.45 bits per heavy atom. The molecule has 0 heterocycles. The molecule has 0 aromatic heterocycles. The Balaban J connectivity index is 2.96. The van der Waals surface area contributed by atoms with Gasteiger partial charge in [-0.3, -0.25) is 0 Å². The number of hydrogen-bond donors (Lipinski definition) is 2. The summed E-state index contributed by atoms with van der Waals surface area (Å²) in [5.74, 6) is -0.398. The Labute approximate surface area is 120 Å². The van der Waals surface area contributed by atoms with E-state index in [0.29, 0.717) is 6.07 Å². The number of halogens is 3. The van der Waals surface area contributed by atoms with E-state index in [1.54, 1.807) is 6.92 Å². The maximum absolute atomic E-state index is 12.5. The van der Waals surface area contributed by atoms with Gasteiger partial charge in [-0.1, -0.05) is 25.2 Å². The highest BCUT2D eigenvalue weighted by molar-refractivity contribution is 7.89. The summed E-state index contributed by atoms with van der Waals surface area (Å²) in [6.07, 6.45) is -4.60. The minimum absolute atomic E-state index is 0.0755. The van der Waals surface area contributed by atoms with Gasteiger partial charge in [0.15, 0.2) is 0 Å². The van der Waals surface area contributed by atoms with Crippen LogP contribution in [0, 0.1) is 5.92 Å². The average molecular weight is 326 g/mol. The molecule has 1 unspecified atom stereocenters. The van der Waals surface area contributed by atoms with E-state index >= 15 is 0 Å². The molecule has 0 radical (unpaired) electrons. The van der Waals surface area contributed by atoms with Crippen molar-refractivity contribution < 1.29 is 21.6 Å². The first-order valence-electron chi connectivity index (χ1n) is 5.50. The first-order valence-corrected chi connectivity index (χ1v) is 7.39. The molecular weight excluding hydrogens is 313 g/mol. The molecule has 0 fully saturated rings. The molecular formula is C11H13F3N2O2S2. The van der Waals surface area contributed by atoms with Gasteiger partial charge in [-0.25, -0.2) is 13.1 Å². The number of nitrogens with one attached hydrogen (secondary N) is 1. The third-order valence-corrected chi connectivity index (χ3v) is 4.36. The molecule has 0 aliphatic rings. The largest absolute Gasteiger partial charge is 0.416 e. The van der Waals surface area contributed by atoms with Crippen LogP contribution < -0.4 is 10.5 Å². The summed E-state index contributed by atoms with van der Waals surface area (Å²) in [5, 5.41) is 0. The summed E-state index contributed by atoms with van der Waals surface area (Å²) >= 11 is 4.69. The standard InChI is InChI=1S/C11H13F3N2O2S2/c1-7(10(15)19)6-16-20(17,18)9-4-2-3-8(5-9)11(12,13)14/h2-5,7,16H,6H2,1H3,(H2,15,19). The second kappa shape index (κ2) is 6.06. The van der Waals surface area contributed by atoms with Gasteiger partial charge in [0.05, 0.1) is 15.4 Å². The quantitative estimate of drug-likeness (QED) is 0.811. The second-order valence-electron chi connectivity index (χ2n) is 4.18. The van der Waals surface area contributed by atoms with Gasteiger partial charge in [0.2, 0.25) is 10.0 Å². The van der Waals surface area contributed by atoms with Gasteiger partial charge in [-0.15, -0.1) is 0 Å². The lowest BCUT2D eigenvalue weighted by Gasteiger charge is -2.13. The highest BCUT2D eigenvalue weighted by Gasteiger charge is 2.31. The molecule has 112 valence electrons. The van der Waals surface area contributed by atoms with Crippen molar-refractivity contribution in [3.05, 3.63) is 29.8 Å². The maximum atomic E-state index is 12.5. The van der Waals surface area contributed by atoms with E-state index in [4.69, 9.17) is 5.73 Å². The van der Waals surface area contributed by atoms with E-state index in [9.17, 15) is 21.6 Å². The van der Waals surface area contributed by atoms with Gasteiger partial charge in [0.1, 0.15) is 0 Å². The van der Waals surface area contributed by atoms with Crippen LogP contribution in [0.3, 0.4) is 0 Å². The van der Waals surface area contributed by atoms with Gasteiger partial charge in [0, 0.05) is 12.5 Å². The van der Waals surface area contributed by atoms with Gasteiger partial charge >= 0.3 is 6.18 Å². The molecule has 1 aromatic carbocycles. The van der Waals surface area contributed by atoms with Crippen LogP contribution in [0.4, 0.5) is 13.2 Å². The first kappa shape index (κ1) is 16.9. The summed E-state index contributed by atoms with van der Waals surface area (Å²) in [4.78, 5) is -0.334. The summed E-state index contributed by atoms with van der Waals surface area (Å²) in [5.41, 5.74) is 4.31. The topological polar surface area (TPSA) is 72.2 Å². The van der Waals surface area contributed by atoms with Crippen molar-refractivity contribution in [3.63, 3.8) is 0 Å². The Morgan fingerprint density at radius 2 is 2.05 bits per heavy atom. The fraction of sp³-hybridized carbons (Fsp3) is 0.364. The Bertz CT molecular complexity index is 600. The number of hydrogen-bond acceptors (Lipinski definition) is 3. The minimum Gasteiger partial charge on any atom is -0.393 e. The number of thiocarbonyl (C=S) groups is 1. The molecule has 0 spiro atoms. The average Bonchev–Trinajstić information content (AvgIpc) is 2.35. The zero-order chi connectivity index (χ0) is 15.6. The number of sulfonamides is 1. The molecule has 0 saturated heterocycles. The number of alkyl halides is 3. The normalized spacial score (nSPS) is 14.0. The molecule has 1 atom stereocenters. The van der Waals surface area contributed by atoms with Gasteiger partial charge in [-0.2, -0.15) is 13.2 Å². The monoisotopic (exact) mass is 326 g/mol. The van der Waals surface area contributed by atoms with Crippen LogP contribution in [0.5, 0.6) is 0 Å². The van der Waals surface area contributed by atoms with Crippen LogP contribution in [0.25, 0.3) is 0 Å². The predicted molar refractivity (Wildman–Crippen MR) is 72.6 cm³/mol. The SMILES string of the molecule is CC(CNS(=O)(=O)c1cccc(C(F)(F)F)c1)C(N)=S. The first-order chi connectivity index (χ1) is 9.04. The van der Waals surface area contributed by atoms with Crippen LogP contribution >= 0.6 is 12.2 Å². The maximum Gasteiger partial charge on any atom is 0.416 e. The molecule has 20 heavy (non-hydrogen) atoms. The van der Waals surface area contributed by atoms with Crippen molar-refractivity contribution in [2.75, 3.05) is 6.54 Å². The lowest BCUT2D eigenvalue weighted by atomic mass is 10.2. The molecule has 0 amide bonds. The van der Waals surface area contributed by atoms with E-state index in [0.717, 1.165) is 18.2 Å². The van der Waals surface area contributed by atoms with Crippen molar-refractivity contribution in [1.82, 2.24) is 4.72 Å². The third kappa shape index (κ3) is 4.43. The molecule has 0 bridgehead atoms. The summed E-state index contributed by atoms with van der Waals surface area (Å²) < 4.78 is 63.5. The predicted octanol–water partition coefficient (Wildman–Crippen LogP) is 1.91. The number of benzene rings is 1. The Kier molecular flexibility index (Phi) is 5.11. The van der Waals surface area contributed by atoms with Crippen molar-refractivity contribution in [2.45, 2.75) is 18.0 Å². The lowest BCUT2D eigenvalue weighted by Crippen LogP contribution is -2.33. The van der Waals surface area contributed by atoms with Crippen molar-refractivity contribution in [3.8, 4) is 0 Å². The van der Waals surface area contributed by atoms with Crippen LogP contribution in [0.15, 0.2) is 29.2 Å². The van der Waals surface area contributed by atoms with Crippen molar-refractivity contribution >= 4 is 27.2 Å². The van der Waals surface area contributed by atoms with E-state index < -0.39 is 32.6 Å². The molecule has 0 saturated carbocycles. The second-order valence-corrected chi connectivity index (χ2v) is 6.42. The third-order valence-electron chi connectivity index (χ3n) is 2.54. The molecule has 0 aliphatic carbocycles. The molecule has 1 rings (SSSR count). The van der Waals surface area contributed by atoms with Crippen molar-refractivity contribution in [2.24, 2.45) is 11.7 Å². The molecule has 1 aromatic rings. The Hall–Kier alpha value is -1.19. The van der Waals surface area contributed by atoms with E-state index in [1.807, 2.05) is 0 Å². The Morgan fingerprint density at radius 3 is 2.55 bits per heavy atom. The number of rotatable bonds is 5. The van der Waals surface area contributed by atoms with E-state index in [-0.39, 0.29) is 11.5 Å². The lowest BCUT2D eigenvalue weighted by molar-refractivity contribution is -0.137. The van der Waals surface area contributed by atoms with E-state index in [2.05, 4.69) is 16.9 Å². The van der Waals surface area contributed by atoms with Gasteiger partial charge < -0.3 is 5.73 Å². The fourth-order valence-electron chi connectivity index (χ4n) is 1.26. The highest BCUT2D eigenvalue weighted by Crippen LogP contribution is 2.30. The molecule has 4 nitrogen and oxygen atoms in total.